The van der Waals surface area contributed by atoms with Crippen molar-refractivity contribution in [1.29, 1.82) is 0 Å². The number of carbonyl (C=O) groups excluding carboxylic acids is 2. The quantitative estimate of drug-likeness (QED) is 0.828. The molecular weight excluding hydrogens is 316 g/mol. The first-order valence-corrected chi connectivity index (χ1v) is 9.08. The third-order valence-electron chi connectivity index (χ3n) is 5.29. The Labute approximate surface area is 149 Å². The van der Waals surface area contributed by atoms with Crippen molar-refractivity contribution in [3.05, 3.63) is 30.1 Å². The number of aromatic nitrogens is 1. The fourth-order valence-electron chi connectivity index (χ4n) is 4.06. The number of hydrogen-bond donors (Lipinski definition) is 0. The summed E-state index contributed by atoms with van der Waals surface area (Å²) in [6, 6.07) is 5.80. The predicted octanol–water partition coefficient (Wildman–Crippen LogP) is 1.37. The molecule has 1 atom stereocenters. The van der Waals surface area contributed by atoms with Crippen molar-refractivity contribution in [2.45, 2.75) is 32.2 Å². The molecular formula is C19H28N4O2. The molecule has 0 bridgehead atoms. The van der Waals surface area contributed by atoms with E-state index in [1.165, 1.54) is 0 Å². The van der Waals surface area contributed by atoms with Gasteiger partial charge in [0.25, 0.3) is 0 Å². The molecule has 2 fully saturated rings. The Morgan fingerprint density at radius 1 is 1.28 bits per heavy atom. The van der Waals surface area contributed by atoms with Gasteiger partial charge in [-0.3, -0.25) is 14.6 Å². The normalized spacial score (nSPS) is 24.2. The zero-order valence-electron chi connectivity index (χ0n) is 15.3. The maximum Gasteiger partial charge on any atom is 0.236 e. The SMILES string of the molecule is CN(C)CC(=O)N1CCC[C@@]2(CCC(=O)N(Cc3ccccn3)C2)C1. The second-order valence-electron chi connectivity index (χ2n) is 7.73. The van der Waals surface area contributed by atoms with Crippen LogP contribution in [0.5, 0.6) is 0 Å². The van der Waals surface area contributed by atoms with Crippen molar-refractivity contribution >= 4 is 11.8 Å². The first kappa shape index (κ1) is 17.9. The minimum absolute atomic E-state index is 0.0446. The van der Waals surface area contributed by atoms with Crippen LogP contribution >= 0.6 is 0 Å². The minimum atomic E-state index is 0.0446. The smallest absolute Gasteiger partial charge is 0.236 e. The second-order valence-corrected chi connectivity index (χ2v) is 7.73. The standard InChI is InChI=1S/C19H28N4O2/c1-21(2)13-18(25)22-11-5-8-19(14-22)9-7-17(24)23(15-19)12-16-6-3-4-10-20-16/h3-4,6,10H,5,7-9,11-15H2,1-2H3/t19-/m1/s1. The largest absolute Gasteiger partial charge is 0.341 e. The summed E-state index contributed by atoms with van der Waals surface area (Å²) in [7, 11) is 3.84. The van der Waals surface area contributed by atoms with Gasteiger partial charge in [0.15, 0.2) is 0 Å². The lowest BCUT2D eigenvalue weighted by Gasteiger charge is -2.48. The Bertz CT molecular complexity index is 619. The molecule has 3 rings (SSSR count). The number of carbonyl (C=O) groups is 2. The van der Waals surface area contributed by atoms with Gasteiger partial charge in [0, 0.05) is 37.7 Å². The molecule has 0 unspecified atom stereocenters. The van der Waals surface area contributed by atoms with Crippen LogP contribution in [0.3, 0.4) is 0 Å². The van der Waals surface area contributed by atoms with Gasteiger partial charge in [-0.15, -0.1) is 0 Å². The van der Waals surface area contributed by atoms with Crippen LogP contribution in [0.25, 0.3) is 0 Å². The number of hydrogen-bond acceptors (Lipinski definition) is 4. The average Bonchev–Trinajstić information content (AvgIpc) is 2.59. The van der Waals surface area contributed by atoms with Crippen LogP contribution in [0.2, 0.25) is 0 Å². The van der Waals surface area contributed by atoms with E-state index in [-0.39, 0.29) is 17.2 Å². The van der Waals surface area contributed by atoms with Crippen molar-refractivity contribution in [3.8, 4) is 0 Å². The zero-order valence-corrected chi connectivity index (χ0v) is 15.3. The molecule has 3 heterocycles. The maximum atomic E-state index is 12.5. The third-order valence-corrected chi connectivity index (χ3v) is 5.29. The lowest BCUT2D eigenvalue weighted by molar-refractivity contribution is -0.144. The summed E-state index contributed by atoms with van der Waals surface area (Å²) in [5, 5.41) is 0. The molecule has 2 aliphatic rings. The highest BCUT2D eigenvalue weighted by Crippen LogP contribution is 2.39. The highest BCUT2D eigenvalue weighted by Gasteiger charge is 2.42. The molecule has 1 aromatic heterocycles. The fourth-order valence-corrected chi connectivity index (χ4v) is 4.06. The van der Waals surface area contributed by atoms with Gasteiger partial charge in [-0.2, -0.15) is 0 Å². The molecule has 0 aromatic carbocycles. The Morgan fingerprint density at radius 3 is 2.84 bits per heavy atom. The Kier molecular flexibility index (Phi) is 5.37. The minimum Gasteiger partial charge on any atom is -0.341 e. The van der Waals surface area contributed by atoms with Crippen molar-refractivity contribution < 1.29 is 9.59 Å². The molecule has 2 aliphatic heterocycles. The second kappa shape index (κ2) is 7.52. The van der Waals surface area contributed by atoms with E-state index in [1.54, 1.807) is 6.20 Å². The van der Waals surface area contributed by atoms with E-state index >= 15 is 0 Å². The summed E-state index contributed by atoms with van der Waals surface area (Å²) in [6.45, 7) is 3.35. The van der Waals surface area contributed by atoms with E-state index in [0.29, 0.717) is 19.5 Å². The van der Waals surface area contributed by atoms with Crippen molar-refractivity contribution in [3.63, 3.8) is 0 Å². The first-order chi connectivity index (χ1) is 12.0. The fraction of sp³-hybridized carbons (Fsp3) is 0.632. The first-order valence-electron chi connectivity index (χ1n) is 9.08. The van der Waals surface area contributed by atoms with Gasteiger partial charge >= 0.3 is 0 Å². The Hall–Kier alpha value is -1.95. The van der Waals surface area contributed by atoms with Crippen molar-refractivity contribution in [1.82, 2.24) is 19.7 Å². The topological polar surface area (TPSA) is 56.8 Å². The Balaban J connectivity index is 1.68. The summed E-state index contributed by atoms with van der Waals surface area (Å²) in [4.78, 5) is 35.1. The van der Waals surface area contributed by atoms with Crippen LogP contribution < -0.4 is 0 Å². The lowest BCUT2D eigenvalue weighted by Crippen LogP contribution is -2.55. The number of likely N-dealkylation sites (tertiary alicyclic amines) is 2. The summed E-state index contributed by atoms with van der Waals surface area (Å²) >= 11 is 0. The van der Waals surface area contributed by atoms with E-state index in [4.69, 9.17) is 0 Å². The summed E-state index contributed by atoms with van der Waals surface area (Å²) < 4.78 is 0. The van der Waals surface area contributed by atoms with E-state index in [1.807, 2.05) is 47.0 Å². The van der Waals surface area contributed by atoms with Gasteiger partial charge in [-0.05, 0) is 45.5 Å². The molecule has 6 heteroatoms. The van der Waals surface area contributed by atoms with Gasteiger partial charge in [-0.1, -0.05) is 6.07 Å². The lowest BCUT2D eigenvalue weighted by atomic mass is 9.73. The molecule has 2 saturated heterocycles. The van der Waals surface area contributed by atoms with Gasteiger partial charge in [0.1, 0.15) is 0 Å². The molecule has 0 N–H and O–H groups in total. The molecule has 0 radical (unpaired) electrons. The highest BCUT2D eigenvalue weighted by atomic mass is 16.2. The van der Waals surface area contributed by atoms with Gasteiger partial charge in [0.05, 0.1) is 18.8 Å². The van der Waals surface area contributed by atoms with Gasteiger partial charge in [-0.25, -0.2) is 0 Å². The predicted molar refractivity (Wildman–Crippen MR) is 95.7 cm³/mol. The number of nitrogens with zero attached hydrogens (tertiary/aromatic N) is 4. The van der Waals surface area contributed by atoms with Gasteiger partial charge < -0.3 is 14.7 Å². The van der Waals surface area contributed by atoms with Crippen LogP contribution in [-0.4, -0.2) is 71.8 Å². The van der Waals surface area contributed by atoms with E-state index < -0.39 is 0 Å². The summed E-state index contributed by atoms with van der Waals surface area (Å²) in [5.41, 5.74) is 0.965. The zero-order chi connectivity index (χ0) is 17.9. The number of pyridine rings is 1. The molecule has 136 valence electrons. The monoisotopic (exact) mass is 344 g/mol. The van der Waals surface area contributed by atoms with Crippen LogP contribution in [-0.2, 0) is 16.1 Å². The number of rotatable bonds is 4. The summed E-state index contributed by atoms with van der Waals surface area (Å²) in [6.07, 6.45) is 5.33. The molecule has 6 nitrogen and oxygen atoms in total. The number of amides is 2. The molecule has 1 spiro atoms. The third kappa shape index (κ3) is 4.37. The molecule has 0 saturated carbocycles. The maximum absolute atomic E-state index is 12.5. The van der Waals surface area contributed by atoms with Crippen molar-refractivity contribution in [2.75, 3.05) is 40.3 Å². The highest BCUT2D eigenvalue weighted by molar-refractivity contribution is 5.79. The average molecular weight is 344 g/mol. The van der Waals surface area contributed by atoms with Crippen LogP contribution in [0.4, 0.5) is 0 Å². The Morgan fingerprint density at radius 2 is 2.12 bits per heavy atom. The molecule has 0 aliphatic carbocycles. The summed E-state index contributed by atoms with van der Waals surface area (Å²) in [5.74, 6) is 0.394. The molecule has 25 heavy (non-hydrogen) atoms. The van der Waals surface area contributed by atoms with E-state index in [0.717, 1.165) is 44.6 Å². The number of piperidine rings is 2. The number of likely N-dealkylation sites (N-methyl/N-ethyl adjacent to an activating group) is 1. The van der Waals surface area contributed by atoms with E-state index in [9.17, 15) is 9.59 Å². The van der Waals surface area contributed by atoms with Gasteiger partial charge in [0.2, 0.25) is 11.8 Å². The van der Waals surface area contributed by atoms with Crippen LogP contribution in [0.15, 0.2) is 24.4 Å². The van der Waals surface area contributed by atoms with E-state index in [2.05, 4.69) is 4.98 Å². The van der Waals surface area contributed by atoms with Crippen LogP contribution in [0, 0.1) is 5.41 Å². The van der Waals surface area contributed by atoms with Crippen LogP contribution in [0.1, 0.15) is 31.4 Å². The molecule has 2 amide bonds. The molecule has 1 aromatic rings. The van der Waals surface area contributed by atoms with Crippen molar-refractivity contribution in [2.24, 2.45) is 5.41 Å².